The molecule has 3 aromatic carbocycles. The van der Waals surface area contributed by atoms with Crippen LogP contribution in [0.1, 0.15) is 41.2 Å². The highest BCUT2D eigenvalue weighted by Gasteiger charge is 2.41. The van der Waals surface area contributed by atoms with Crippen molar-refractivity contribution < 1.29 is 31.1 Å². The van der Waals surface area contributed by atoms with Crippen LogP contribution < -0.4 is 4.74 Å². The number of alkyl halides is 2. The Balaban J connectivity index is 1.70. The van der Waals surface area contributed by atoms with Gasteiger partial charge in [-0.05, 0) is 72.4 Å². The average Bonchev–Trinajstić information content (AvgIpc) is 2.72. The Kier molecular flexibility index (Phi) is 7.32. The third-order valence-corrected chi connectivity index (χ3v) is 5.02. The number of ether oxygens (including phenoxy) is 1. The standard InChI is InChI=1S/C25H19F6NO/c1-2-3-16-12-22(28)24(23(29)13-16)25(30,31)33-18-8-6-15(7-9-18)4-5-17-10-20(26)19(14-32)21(27)11-17/h6-13H,2-5H2,1H3. The summed E-state index contributed by atoms with van der Waals surface area (Å²) in [6.07, 6.45) is -2.73. The molecule has 0 aliphatic heterocycles. The van der Waals surface area contributed by atoms with Gasteiger partial charge < -0.3 is 4.74 Å². The summed E-state index contributed by atoms with van der Waals surface area (Å²) in [6.45, 7) is 1.80. The first-order valence-electron chi connectivity index (χ1n) is 10.2. The van der Waals surface area contributed by atoms with Crippen molar-refractivity contribution >= 4 is 0 Å². The molecular weight excluding hydrogens is 444 g/mol. The molecule has 0 radical (unpaired) electrons. The molecule has 0 amide bonds. The molecule has 0 heterocycles. The normalized spacial score (nSPS) is 11.3. The molecule has 33 heavy (non-hydrogen) atoms. The van der Waals surface area contributed by atoms with Crippen LogP contribution in [0.25, 0.3) is 0 Å². The van der Waals surface area contributed by atoms with Gasteiger partial charge in [-0.25, -0.2) is 17.6 Å². The molecule has 2 nitrogen and oxygen atoms in total. The van der Waals surface area contributed by atoms with Crippen molar-refractivity contribution in [3.8, 4) is 11.8 Å². The van der Waals surface area contributed by atoms with Crippen LogP contribution in [0, 0.1) is 34.6 Å². The van der Waals surface area contributed by atoms with E-state index in [4.69, 9.17) is 5.26 Å². The number of nitrogens with zero attached hydrogens (tertiary/aromatic N) is 1. The summed E-state index contributed by atoms with van der Waals surface area (Å²) in [5.41, 5.74) is -0.866. The van der Waals surface area contributed by atoms with Gasteiger partial charge in [0, 0.05) is 0 Å². The average molecular weight is 463 g/mol. The van der Waals surface area contributed by atoms with E-state index in [9.17, 15) is 26.3 Å². The van der Waals surface area contributed by atoms with Crippen LogP contribution in [0.3, 0.4) is 0 Å². The number of halogens is 6. The van der Waals surface area contributed by atoms with Crippen molar-refractivity contribution in [2.45, 2.75) is 38.7 Å². The molecule has 0 aliphatic carbocycles. The molecule has 0 aromatic heterocycles. The van der Waals surface area contributed by atoms with Gasteiger partial charge in [-0.15, -0.1) is 0 Å². The maximum atomic E-state index is 14.5. The van der Waals surface area contributed by atoms with Gasteiger partial charge >= 0.3 is 6.11 Å². The Bertz CT molecular complexity index is 1140. The molecule has 3 rings (SSSR count). The van der Waals surface area contributed by atoms with Gasteiger partial charge in [-0.2, -0.15) is 14.0 Å². The molecule has 0 unspecified atom stereocenters. The molecule has 172 valence electrons. The first-order valence-corrected chi connectivity index (χ1v) is 10.2. The maximum absolute atomic E-state index is 14.5. The summed E-state index contributed by atoms with van der Waals surface area (Å²) in [7, 11) is 0. The molecule has 0 spiro atoms. The zero-order valence-electron chi connectivity index (χ0n) is 17.6. The first-order chi connectivity index (χ1) is 15.6. The first kappa shape index (κ1) is 24.2. The quantitative estimate of drug-likeness (QED) is 0.338. The molecule has 3 aromatic rings. The van der Waals surface area contributed by atoms with Crippen LogP contribution in [0.2, 0.25) is 0 Å². The Morgan fingerprint density at radius 3 is 1.76 bits per heavy atom. The van der Waals surface area contributed by atoms with Crippen molar-refractivity contribution in [1.82, 2.24) is 0 Å². The predicted molar refractivity (Wildman–Crippen MR) is 110 cm³/mol. The van der Waals surface area contributed by atoms with E-state index in [1.807, 2.05) is 0 Å². The summed E-state index contributed by atoms with van der Waals surface area (Å²) in [5, 5.41) is 8.70. The molecule has 0 atom stereocenters. The molecule has 0 bridgehead atoms. The van der Waals surface area contributed by atoms with Gasteiger partial charge in [-0.3, -0.25) is 0 Å². The maximum Gasteiger partial charge on any atom is 0.432 e. The lowest BCUT2D eigenvalue weighted by Crippen LogP contribution is -2.25. The molecule has 0 saturated carbocycles. The van der Waals surface area contributed by atoms with E-state index in [1.54, 1.807) is 6.92 Å². The second kappa shape index (κ2) is 9.99. The van der Waals surface area contributed by atoms with E-state index in [0.717, 1.165) is 24.3 Å². The highest BCUT2D eigenvalue weighted by Crippen LogP contribution is 2.35. The Hall–Kier alpha value is -3.47. The molecular formula is C25H19F6NO. The second-order valence-electron chi connectivity index (χ2n) is 7.49. The number of nitriles is 1. The highest BCUT2D eigenvalue weighted by atomic mass is 19.3. The lowest BCUT2D eigenvalue weighted by atomic mass is 10.0. The van der Waals surface area contributed by atoms with Gasteiger partial charge in [0.2, 0.25) is 0 Å². The zero-order chi connectivity index (χ0) is 24.2. The summed E-state index contributed by atoms with van der Waals surface area (Å²) in [4.78, 5) is 0. The van der Waals surface area contributed by atoms with E-state index in [1.165, 1.54) is 30.3 Å². The summed E-state index contributed by atoms with van der Waals surface area (Å²) in [6, 6.07) is 10.7. The number of rotatable bonds is 8. The fraction of sp³-hybridized carbons (Fsp3) is 0.240. The predicted octanol–water partition coefficient (Wildman–Crippen LogP) is 6.98. The Morgan fingerprint density at radius 2 is 1.24 bits per heavy atom. The molecule has 0 fully saturated rings. The van der Waals surface area contributed by atoms with Crippen molar-refractivity contribution in [2.75, 3.05) is 0 Å². The molecule has 8 heteroatoms. The summed E-state index contributed by atoms with van der Waals surface area (Å²) < 4.78 is 89.4. The summed E-state index contributed by atoms with van der Waals surface area (Å²) in [5.74, 6) is -5.00. The van der Waals surface area contributed by atoms with Crippen LogP contribution in [-0.2, 0) is 25.4 Å². The van der Waals surface area contributed by atoms with Crippen molar-refractivity contribution in [2.24, 2.45) is 0 Å². The zero-order valence-corrected chi connectivity index (χ0v) is 17.6. The highest BCUT2D eigenvalue weighted by molar-refractivity contribution is 5.36. The third-order valence-electron chi connectivity index (χ3n) is 5.02. The van der Waals surface area contributed by atoms with E-state index in [-0.39, 0.29) is 17.7 Å². The lowest BCUT2D eigenvalue weighted by molar-refractivity contribution is -0.189. The van der Waals surface area contributed by atoms with Gasteiger partial charge in [0.25, 0.3) is 0 Å². The van der Waals surface area contributed by atoms with Gasteiger partial charge in [-0.1, -0.05) is 25.5 Å². The smallest absolute Gasteiger partial charge is 0.429 e. The van der Waals surface area contributed by atoms with Gasteiger partial charge in [0.15, 0.2) is 0 Å². The van der Waals surface area contributed by atoms with Gasteiger partial charge in [0.05, 0.1) is 0 Å². The van der Waals surface area contributed by atoms with Crippen molar-refractivity contribution in [3.63, 3.8) is 0 Å². The van der Waals surface area contributed by atoms with Crippen LogP contribution in [-0.4, -0.2) is 0 Å². The minimum Gasteiger partial charge on any atom is -0.429 e. The number of aryl methyl sites for hydroxylation is 3. The second-order valence-corrected chi connectivity index (χ2v) is 7.49. The summed E-state index contributed by atoms with van der Waals surface area (Å²) >= 11 is 0. The molecule has 0 N–H and O–H groups in total. The third kappa shape index (κ3) is 5.67. The van der Waals surface area contributed by atoms with Crippen LogP contribution in [0.4, 0.5) is 26.3 Å². The number of hydrogen-bond donors (Lipinski definition) is 0. The fourth-order valence-electron chi connectivity index (χ4n) is 3.43. The van der Waals surface area contributed by atoms with E-state index in [2.05, 4.69) is 4.74 Å². The van der Waals surface area contributed by atoms with Crippen LogP contribution >= 0.6 is 0 Å². The largest absolute Gasteiger partial charge is 0.432 e. The minimum atomic E-state index is -4.24. The number of benzene rings is 3. The Labute approximate surface area is 187 Å². The van der Waals surface area contributed by atoms with Crippen LogP contribution in [0.5, 0.6) is 5.75 Å². The molecule has 0 aliphatic rings. The van der Waals surface area contributed by atoms with Gasteiger partial charge in [0.1, 0.15) is 46.2 Å². The van der Waals surface area contributed by atoms with Crippen molar-refractivity contribution in [3.05, 3.63) is 99.6 Å². The lowest BCUT2D eigenvalue weighted by Gasteiger charge is -2.20. The van der Waals surface area contributed by atoms with E-state index >= 15 is 0 Å². The Morgan fingerprint density at radius 1 is 0.758 bits per heavy atom. The molecule has 0 saturated heterocycles. The fourth-order valence-corrected chi connectivity index (χ4v) is 3.43. The van der Waals surface area contributed by atoms with Crippen LogP contribution in [0.15, 0.2) is 48.5 Å². The minimum absolute atomic E-state index is 0.233. The SMILES string of the molecule is CCCc1cc(F)c(C(F)(F)Oc2ccc(CCc3cc(F)c(C#N)c(F)c3)cc2)c(F)c1. The van der Waals surface area contributed by atoms with E-state index < -0.39 is 40.5 Å². The van der Waals surface area contributed by atoms with E-state index in [0.29, 0.717) is 30.4 Å². The number of hydrogen-bond acceptors (Lipinski definition) is 2. The van der Waals surface area contributed by atoms with Crippen molar-refractivity contribution in [1.29, 1.82) is 5.26 Å². The monoisotopic (exact) mass is 463 g/mol. The topological polar surface area (TPSA) is 33.0 Å².